The first-order valence-electron chi connectivity index (χ1n) is 10.7. The molecule has 30 heavy (non-hydrogen) atoms. The molecule has 2 heterocycles. The van der Waals surface area contributed by atoms with Crippen LogP contribution in [0.25, 0.3) is 0 Å². The maximum atomic E-state index is 12.4. The van der Waals surface area contributed by atoms with E-state index in [0.29, 0.717) is 43.2 Å². The molecule has 1 fully saturated rings. The summed E-state index contributed by atoms with van der Waals surface area (Å²) in [6.07, 6.45) is 4.29. The number of piperazine rings is 1. The summed E-state index contributed by atoms with van der Waals surface area (Å²) in [5.74, 6) is 0.0133. The van der Waals surface area contributed by atoms with Gasteiger partial charge in [-0.3, -0.25) is 14.5 Å². The highest BCUT2D eigenvalue weighted by Gasteiger charge is 2.24. The van der Waals surface area contributed by atoms with Crippen molar-refractivity contribution >= 4 is 28.2 Å². The van der Waals surface area contributed by atoms with E-state index in [1.807, 2.05) is 0 Å². The number of rotatable bonds is 10. The Labute approximate surface area is 182 Å². The molecule has 2 N–H and O–H groups in total. The van der Waals surface area contributed by atoms with Gasteiger partial charge in [-0.1, -0.05) is 0 Å². The summed E-state index contributed by atoms with van der Waals surface area (Å²) in [6.45, 7) is 5.74. The number of carbonyl (C=O) groups is 2. The SMILES string of the molecule is COCCCNC(=O)CN1CCN(CCC(=O)Nc2sc3c(c2C#N)CCC3)CC1. The molecule has 1 saturated heterocycles. The second kappa shape index (κ2) is 11.4. The molecule has 1 aromatic heterocycles. The van der Waals surface area contributed by atoms with Gasteiger partial charge in [0.2, 0.25) is 11.8 Å². The highest BCUT2D eigenvalue weighted by atomic mass is 32.1. The fourth-order valence-electron chi connectivity index (χ4n) is 3.93. The minimum atomic E-state index is -0.0377. The number of carbonyl (C=O) groups excluding carboxylic acids is 2. The average molecular weight is 434 g/mol. The lowest BCUT2D eigenvalue weighted by atomic mass is 10.1. The van der Waals surface area contributed by atoms with Crippen LogP contribution in [-0.4, -0.2) is 81.1 Å². The Bertz CT molecular complexity index is 780. The number of aryl methyl sites for hydroxylation is 1. The van der Waals surface area contributed by atoms with Crippen molar-refractivity contribution in [2.24, 2.45) is 0 Å². The second-order valence-corrected chi connectivity index (χ2v) is 8.89. The zero-order valence-corrected chi connectivity index (χ0v) is 18.5. The van der Waals surface area contributed by atoms with Gasteiger partial charge in [0, 0.05) is 64.3 Å². The van der Waals surface area contributed by atoms with Crippen molar-refractivity contribution in [2.45, 2.75) is 32.1 Å². The van der Waals surface area contributed by atoms with Crippen LogP contribution in [-0.2, 0) is 27.2 Å². The molecule has 0 saturated carbocycles. The van der Waals surface area contributed by atoms with E-state index in [1.165, 1.54) is 4.88 Å². The lowest BCUT2D eigenvalue weighted by Crippen LogP contribution is -2.49. The molecule has 1 aliphatic carbocycles. The number of nitrogens with one attached hydrogen (secondary N) is 2. The fraction of sp³-hybridized carbons (Fsp3) is 0.667. The lowest BCUT2D eigenvalue weighted by Gasteiger charge is -2.34. The number of anilines is 1. The van der Waals surface area contributed by atoms with Crippen molar-refractivity contribution in [2.75, 3.05) is 64.8 Å². The lowest BCUT2D eigenvalue weighted by molar-refractivity contribution is -0.122. The zero-order valence-electron chi connectivity index (χ0n) is 17.7. The van der Waals surface area contributed by atoms with Gasteiger partial charge in [0.25, 0.3) is 0 Å². The molecule has 2 amide bonds. The molecule has 1 aromatic rings. The van der Waals surface area contributed by atoms with Crippen molar-refractivity contribution in [1.82, 2.24) is 15.1 Å². The number of nitrogens with zero attached hydrogens (tertiary/aromatic N) is 3. The predicted molar refractivity (Wildman–Crippen MR) is 117 cm³/mol. The number of ether oxygens (including phenoxy) is 1. The maximum absolute atomic E-state index is 12.4. The van der Waals surface area contributed by atoms with Crippen LogP contribution < -0.4 is 10.6 Å². The van der Waals surface area contributed by atoms with Gasteiger partial charge in [-0.2, -0.15) is 5.26 Å². The molecule has 0 bridgehead atoms. The summed E-state index contributed by atoms with van der Waals surface area (Å²) in [6, 6.07) is 2.27. The van der Waals surface area contributed by atoms with E-state index in [9.17, 15) is 14.9 Å². The third-order valence-corrected chi connectivity index (χ3v) is 6.83. The highest BCUT2D eigenvalue weighted by molar-refractivity contribution is 7.16. The number of methoxy groups -OCH3 is 1. The Balaban J connectivity index is 1.33. The van der Waals surface area contributed by atoms with Gasteiger partial charge < -0.3 is 20.3 Å². The zero-order chi connectivity index (χ0) is 21.3. The topological polar surface area (TPSA) is 97.7 Å². The largest absolute Gasteiger partial charge is 0.385 e. The van der Waals surface area contributed by atoms with E-state index in [2.05, 4.69) is 26.5 Å². The number of hydrogen-bond donors (Lipinski definition) is 2. The van der Waals surface area contributed by atoms with E-state index < -0.39 is 0 Å². The summed E-state index contributed by atoms with van der Waals surface area (Å²) in [4.78, 5) is 30.0. The number of amides is 2. The summed E-state index contributed by atoms with van der Waals surface area (Å²) in [5.41, 5.74) is 1.80. The summed E-state index contributed by atoms with van der Waals surface area (Å²) < 4.78 is 4.97. The van der Waals surface area contributed by atoms with Crippen LogP contribution in [0.1, 0.15) is 35.3 Å². The molecule has 3 rings (SSSR count). The molecule has 0 spiro atoms. The van der Waals surface area contributed by atoms with Gasteiger partial charge in [-0.25, -0.2) is 0 Å². The van der Waals surface area contributed by atoms with Crippen molar-refractivity contribution in [3.63, 3.8) is 0 Å². The van der Waals surface area contributed by atoms with Gasteiger partial charge in [-0.15, -0.1) is 11.3 Å². The van der Waals surface area contributed by atoms with E-state index in [-0.39, 0.29) is 11.8 Å². The fourth-order valence-corrected chi connectivity index (χ4v) is 5.19. The molecular formula is C21H31N5O3S. The van der Waals surface area contributed by atoms with Crippen molar-refractivity contribution in [3.8, 4) is 6.07 Å². The molecule has 1 aliphatic heterocycles. The third-order valence-electron chi connectivity index (χ3n) is 5.62. The molecule has 9 heteroatoms. The van der Waals surface area contributed by atoms with E-state index in [4.69, 9.17) is 4.74 Å². The van der Waals surface area contributed by atoms with E-state index in [0.717, 1.165) is 57.4 Å². The summed E-state index contributed by atoms with van der Waals surface area (Å²) in [5, 5.41) is 16.0. The Hall–Kier alpha value is -1.99. The Kier molecular flexibility index (Phi) is 8.63. The number of fused-ring (bicyclic) bond motifs is 1. The summed E-state index contributed by atoms with van der Waals surface area (Å²) in [7, 11) is 1.65. The monoisotopic (exact) mass is 433 g/mol. The number of hydrogen-bond acceptors (Lipinski definition) is 7. The molecule has 2 aliphatic rings. The molecule has 8 nitrogen and oxygen atoms in total. The Morgan fingerprint density at radius 3 is 2.67 bits per heavy atom. The van der Waals surface area contributed by atoms with Gasteiger partial charge in [0.05, 0.1) is 12.1 Å². The van der Waals surface area contributed by atoms with Crippen LogP contribution in [0.3, 0.4) is 0 Å². The van der Waals surface area contributed by atoms with Gasteiger partial charge in [0.15, 0.2) is 0 Å². The van der Waals surface area contributed by atoms with E-state index in [1.54, 1.807) is 18.4 Å². The highest BCUT2D eigenvalue weighted by Crippen LogP contribution is 2.38. The Morgan fingerprint density at radius 2 is 1.93 bits per heavy atom. The number of nitriles is 1. The van der Waals surface area contributed by atoms with Crippen molar-refractivity contribution in [1.29, 1.82) is 5.26 Å². The molecule has 0 atom stereocenters. The standard InChI is InChI=1S/C21H31N5O3S/c1-29-13-3-7-23-20(28)15-26-11-9-25(10-12-26)8-6-19(27)24-21-17(14-22)16-4-2-5-18(16)30-21/h2-13,15H2,1H3,(H,23,28)(H,24,27). The maximum Gasteiger partial charge on any atom is 0.234 e. The minimum Gasteiger partial charge on any atom is -0.385 e. The number of thiophene rings is 1. The first-order valence-corrected chi connectivity index (χ1v) is 11.5. The first kappa shape index (κ1) is 22.7. The van der Waals surface area contributed by atoms with Crippen LogP contribution in [0, 0.1) is 11.3 Å². The van der Waals surface area contributed by atoms with Crippen molar-refractivity contribution in [3.05, 3.63) is 16.0 Å². The molecular weight excluding hydrogens is 402 g/mol. The van der Waals surface area contributed by atoms with Gasteiger partial charge >= 0.3 is 0 Å². The van der Waals surface area contributed by atoms with Crippen molar-refractivity contribution < 1.29 is 14.3 Å². The smallest absolute Gasteiger partial charge is 0.234 e. The third kappa shape index (κ3) is 6.25. The predicted octanol–water partition coefficient (Wildman–Crippen LogP) is 1.21. The van der Waals surface area contributed by atoms with Crippen LogP contribution >= 0.6 is 11.3 Å². The summed E-state index contributed by atoms with van der Waals surface area (Å²) >= 11 is 1.56. The first-order chi connectivity index (χ1) is 14.6. The Morgan fingerprint density at radius 1 is 1.17 bits per heavy atom. The van der Waals surface area contributed by atoms with Crippen LogP contribution in [0.15, 0.2) is 0 Å². The molecule has 0 radical (unpaired) electrons. The van der Waals surface area contributed by atoms with Gasteiger partial charge in [0.1, 0.15) is 11.1 Å². The second-order valence-electron chi connectivity index (χ2n) is 7.79. The average Bonchev–Trinajstić information content (AvgIpc) is 3.31. The molecule has 0 unspecified atom stereocenters. The molecule has 0 aromatic carbocycles. The normalized spacial score (nSPS) is 16.8. The van der Waals surface area contributed by atoms with Gasteiger partial charge in [-0.05, 0) is 31.2 Å². The van der Waals surface area contributed by atoms with Crippen LogP contribution in [0.5, 0.6) is 0 Å². The minimum absolute atomic E-state index is 0.0377. The molecule has 164 valence electrons. The van der Waals surface area contributed by atoms with E-state index >= 15 is 0 Å². The quantitative estimate of drug-likeness (QED) is 0.538. The van der Waals surface area contributed by atoms with Crippen LogP contribution in [0.2, 0.25) is 0 Å². The van der Waals surface area contributed by atoms with Crippen LogP contribution in [0.4, 0.5) is 5.00 Å².